The molecule has 1 aliphatic heterocycles. The summed E-state index contributed by atoms with van der Waals surface area (Å²) in [4.78, 5) is 2.56. The van der Waals surface area contributed by atoms with Gasteiger partial charge in [-0.1, -0.05) is 64.1 Å². The molecule has 248 valence electrons. The van der Waals surface area contributed by atoms with Crippen molar-refractivity contribution in [3.05, 3.63) is 119 Å². The summed E-state index contributed by atoms with van der Waals surface area (Å²) in [6.07, 6.45) is 6.77. The number of hydrogen-bond donors (Lipinski definition) is 2. The van der Waals surface area contributed by atoms with E-state index in [-0.39, 0.29) is 5.82 Å². The number of ether oxygens (including phenoxy) is 1. The van der Waals surface area contributed by atoms with Gasteiger partial charge in [0.1, 0.15) is 18.2 Å². The van der Waals surface area contributed by atoms with Gasteiger partial charge in [0, 0.05) is 30.0 Å². The molecule has 46 heavy (non-hydrogen) atoms. The number of nitrogens with one attached hydrogen (secondary N) is 2. The minimum Gasteiger partial charge on any atom is -0.491 e. The van der Waals surface area contributed by atoms with Gasteiger partial charge in [-0.2, -0.15) is 0 Å². The summed E-state index contributed by atoms with van der Waals surface area (Å²) in [6, 6.07) is 20.3. The van der Waals surface area contributed by atoms with Crippen LogP contribution in [0.5, 0.6) is 5.75 Å². The lowest BCUT2D eigenvalue weighted by Crippen LogP contribution is -2.31. The molecule has 0 aromatic heterocycles. The lowest BCUT2D eigenvalue weighted by Gasteiger charge is -2.34. The number of allylic oxidation sites excluding steroid dienone is 4. The van der Waals surface area contributed by atoms with Crippen molar-refractivity contribution in [2.24, 2.45) is 11.8 Å². The summed E-state index contributed by atoms with van der Waals surface area (Å²) < 4.78 is 20.1. The Morgan fingerprint density at radius 3 is 2.24 bits per heavy atom. The van der Waals surface area contributed by atoms with Gasteiger partial charge in [-0.05, 0) is 123 Å². The van der Waals surface area contributed by atoms with E-state index in [1.165, 1.54) is 33.5 Å². The van der Waals surface area contributed by atoms with E-state index >= 15 is 0 Å². The van der Waals surface area contributed by atoms with Crippen LogP contribution in [0.1, 0.15) is 78.0 Å². The van der Waals surface area contributed by atoms with E-state index in [1.807, 2.05) is 26.0 Å². The second-order valence-corrected chi connectivity index (χ2v) is 12.2. The quantitative estimate of drug-likeness (QED) is 0.196. The maximum atomic E-state index is 13.7. The minimum absolute atomic E-state index is 0.187. The molecule has 0 saturated carbocycles. The van der Waals surface area contributed by atoms with Gasteiger partial charge in [0.15, 0.2) is 0 Å². The average Bonchev–Trinajstić information content (AvgIpc) is 3.27. The summed E-state index contributed by atoms with van der Waals surface area (Å²) in [5, 5.41) is 6.95. The number of aryl methyl sites for hydroxylation is 1. The molecule has 0 amide bonds. The molecule has 3 aromatic carbocycles. The second kappa shape index (κ2) is 18.2. The minimum atomic E-state index is -0.187. The predicted molar refractivity (Wildman–Crippen MR) is 195 cm³/mol. The van der Waals surface area contributed by atoms with Crippen molar-refractivity contribution in [3.8, 4) is 16.9 Å². The van der Waals surface area contributed by atoms with Gasteiger partial charge in [-0.3, -0.25) is 0 Å². The van der Waals surface area contributed by atoms with Gasteiger partial charge in [0.05, 0.1) is 12.4 Å². The van der Waals surface area contributed by atoms with Crippen LogP contribution in [0.4, 0.5) is 10.1 Å². The summed E-state index contributed by atoms with van der Waals surface area (Å²) in [5.41, 5.74) is 9.90. The lowest BCUT2D eigenvalue weighted by molar-refractivity contribution is 0.242. The number of fused-ring (bicyclic) bond motifs is 1. The maximum absolute atomic E-state index is 13.7. The fraction of sp³-hybridized carbons (Fsp3) is 0.415. The fourth-order valence-electron chi connectivity index (χ4n) is 5.88. The molecule has 0 radical (unpaired) electrons. The van der Waals surface area contributed by atoms with Gasteiger partial charge in [0.2, 0.25) is 0 Å². The van der Waals surface area contributed by atoms with Crippen LogP contribution in [-0.4, -0.2) is 24.6 Å². The van der Waals surface area contributed by atoms with Crippen LogP contribution in [0.3, 0.4) is 0 Å². The highest BCUT2D eigenvalue weighted by atomic mass is 19.1. The second-order valence-electron chi connectivity index (χ2n) is 12.2. The molecule has 3 aromatic rings. The third-order valence-electron chi connectivity index (χ3n) is 8.80. The van der Waals surface area contributed by atoms with E-state index in [9.17, 15) is 4.39 Å². The monoisotopic (exact) mass is 625 g/mol. The molecule has 1 heterocycles. The van der Waals surface area contributed by atoms with Crippen molar-refractivity contribution in [3.63, 3.8) is 0 Å². The first-order valence-corrected chi connectivity index (χ1v) is 17.0. The molecular weight excluding hydrogens is 569 g/mol. The first-order valence-electron chi connectivity index (χ1n) is 17.0. The third-order valence-corrected chi connectivity index (χ3v) is 8.80. The van der Waals surface area contributed by atoms with Crippen LogP contribution in [0.15, 0.2) is 96.5 Å². The van der Waals surface area contributed by atoms with Crippen molar-refractivity contribution in [1.29, 1.82) is 0 Å². The van der Waals surface area contributed by atoms with Crippen molar-refractivity contribution in [1.82, 2.24) is 10.2 Å². The molecule has 5 heteroatoms. The molecule has 2 unspecified atom stereocenters. The van der Waals surface area contributed by atoms with Gasteiger partial charge < -0.3 is 20.3 Å². The van der Waals surface area contributed by atoms with Crippen LogP contribution < -0.4 is 15.4 Å². The number of benzene rings is 3. The van der Waals surface area contributed by atoms with E-state index in [4.69, 9.17) is 4.74 Å². The number of hydrogen-bond acceptors (Lipinski definition) is 4. The Hall–Kier alpha value is -3.99. The SMILES string of the molecule is C/C=C(/NCC)Nc1cc(-c2ccc3c(c2)CN(/C(=C(\Cc2ccc(F)cc2)C(C)CC)C(C)CC)CCO3)ccc1C.C=CC. The van der Waals surface area contributed by atoms with Gasteiger partial charge in [0.25, 0.3) is 0 Å². The molecule has 0 aliphatic carbocycles. The fourth-order valence-corrected chi connectivity index (χ4v) is 5.88. The molecule has 4 nitrogen and oxygen atoms in total. The van der Waals surface area contributed by atoms with Crippen LogP contribution in [-0.2, 0) is 13.0 Å². The molecule has 4 rings (SSSR count). The van der Waals surface area contributed by atoms with Crippen LogP contribution >= 0.6 is 0 Å². The zero-order valence-electron chi connectivity index (χ0n) is 29.5. The highest BCUT2D eigenvalue weighted by molar-refractivity contribution is 5.72. The zero-order chi connectivity index (χ0) is 33.6. The van der Waals surface area contributed by atoms with E-state index in [0.717, 1.165) is 61.7 Å². The van der Waals surface area contributed by atoms with E-state index < -0.39 is 0 Å². The molecule has 1 aliphatic rings. The first-order chi connectivity index (χ1) is 22.2. The Labute approximate surface area is 278 Å². The summed E-state index contributed by atoms with van der Waals surface area (Å²) in [7, 11) is 0. The first kappa shape index (κ1) is 36.5. The number of halogens is 1. The molecule has 0 saturated heterocycles. The topological polar surface area (TPSA) is 36.5 Å². The Bertz CT molecular complexity index is 1470. The number of rotatable bonds is 12. The van der Waals surface area contributed by atoms with E-state index in [1.54, 1.807) is 18.2 Å². The summed E-state index contributed by atoms with van der Waals surface area (Å²) in [5.74, 6) is 2.61. The van der Waals surface area contributed by atoms with Crippen LogP contribution in [0.2, 0.25) is 0 Å². The number of nitrogens with zero attached hydrogens (tertiary/aromatic N) is 1. The van der Waals surface area contributed by atoms with E-state index in [0.29, 0.717) is 18.4 Å². The molecule has 0 fully saturated rings. The lowest BCUT2D eigenvalue weighted by atomic mass is 9.85. The molecule has 2 N–H and O–H groups in total. The Balaban J connectivity index is 0.00000185. The largest absolute Gasteiger partial charge is 0.491 e. The van der Waals surface area contributed by atoms with Gasteiger partial charge in [-0.25, -0.2) is 4.39 Å². The van der Waals surface area contributed by atoms with Crippen molar-refractivity contribution < 1.29 is 9.13 Å². The van der Waals surface area contributed by atoms with Gasteiger partial charge >= 0.3 is 0 Å². The van der Waals surface area contributed by atoms with E-state index in [2.05, 4.69) is 106 Å². The van der Waals surface area contributed by atoms with Crippen molar-refractivity contribution in [2.75, 3.05) is 25.0 Å². The molecule has 2 atom stereocenters. The van der Waals surface area contributed by atoms with Crippen molar-refractivity contribution >= 4 is 5.69 Å². The highest BCUT2D eigenvalue weighted by Gasteiger charge is 2.26. The molecule has 0 bridgehead atoms. The van der Waals surface area contributed by atoms with Gasteiger partial charge in [-0.15, -0.1) is 6.58 Å². The Kier molecular flexibility index (Phi) is 14.5. The van der Waals surface area contributed by atoms with Crippen LogP contribution in [0.25, 0.3) is 11.1 Å². The normalized spacial score (nSPS) is 14.8. The average molecular weight is 626 g/mol. The summed E-state index contributed by atoms with van der Waals surface area (Å²) >= 11 is 0. The third kappa shape index (κ3) is 9.75. The Morgan fingerprint density at radius 1 is 0.957 bits per heavy atom. The number of anilines is 1. The van der Waals surface area contributed by atoms with Crippen LogP contribution in [0, 0.1) is 24.6 Å². The smallest absolute Gasteiger partial charge is 0.124 e. The standard InChI is InChI=1S/C38H50FN3O.C3H6/c1-8-26(5)34(22-29-13-17-33(39)18-14-29)38(27(6)9-2)42-20-21-43-36-19-16-30(23-32(36)25-42)31-15-12-28(7)35(24-31)41-37(10-3)40-11-4;1-3-2/h10,12-19,23-24,26-27,40-41H,8-9,11,20-22,25H2,1-7H3;3H,1H2,2H3/b37-10-,38-34+;. The zero-order valence-corrected chi connectivity index (χ0v) is 29.5. The molecule has 0 spiro atoms. The maximum Gasteiger partial charge on any atom is 0.124 e. The summed E-state index contributed by atoms with van der Waals surface area (Å²) in [6.45, 7) is 23.9. The molecular formula is C41H56FN3O. The predicted octanol–water partition coefficient (Wildman–Crippen LogP) is 10.7. The van der Waals surface area contributed by atoms with Crippen molar-refractivity contribution in [2.45, 2.75) is 81.2 Å². The Morgan fingerprint density at radius 2 is 1.61 bits per heavy atom. The highest BCUT2D eigenvalue weighted by Crippen LogP contribution is 2.36.